The van der Waals surface area contributed by atoms with Crippen molar-refractivity contribution in [2.24, 2.45) is 0 Å². The highest BCUT2D eigenvalue weighted by Crippen LogP contribution is 2.25. The zero-order chi connectivity index (χ0) is 17.6. The molecule has 0 aromatic carbocycles. The van der Waals surface area contributed by atoms with E-state index in [4.69, 9.17) is 4.74 Å². The van der Waals surface area contributed by atoms with Gasteiger partial charge in [-0.1, -0.05) is 6.07 Å². The molecule has 25 heavy (non-hydrogen) atoms. The topological polar surface area (TPSA) is 93.2 Å². The molecule has 2 heterocycles. The molecule has 2 amide bonds. The number of rotatable bonds is 6. The van der Waals surface area contributed by atoms with E-state index in [1.165, 1.54) is 31.1 Å². The molecule has 1 aliphatic rings. The number of pyridine rings is 1. The predicted octanol–water partition coefficient (Wildman–Crippen LogP) is 2.75. The first-order chi connectivity index (χ1) is 12.1. The van der Waals surface area contributed by atoms with Crippen molar-refractivity contribution in [3.8, 4) is 5.88 Å². The summed E-state index contributed by atoms with van der Waals surface area (Å²) in [7, 11) is 0. The van der Waals surface area contributed by atoms with Gasteiger partial charge in [-0.3, -0.25) is 9.59 Å². The normalized spacial score (nSPS) is 14.3. The van der Waals surface area contributed by atoms with Crippen molar-refractivity contribution in [1.29, 1.82) is 0 Å². The van der Waals surface area contributed by atoms with E-state index >= 15 is 0 Å². The molecule has 1 aliphatic carbocycles. The quantitative estimate of drug-likeness (QED) is 0.826. The van der Waals surface area contributed by atoms with E-state index in [1.807, 2.05) is 12.1 Å². The molecule has 0 bridgehead atoms. The van der Waals surface area contributed by atoms with Gasteiger partial charge in [0.15, 0.2) is 5.13 Å². The zero-order valence-electron chi connectivity index (χ0n) is 13.9. The first-order valence-corrected chi connectivity index (χ1v) is 9.11. The summed E-state index contributed by atoms with van der Waals surface area (Å²) in [6, 6.07) is 3.71. The molecule has 0 unspecified atom stereocenters. The third kappa shape index (κ3) is 4.76. The Balaban J connectivity index is 1.60. The fourth-order valence-electron chi connectivity index (χ4n) is 2.68. The van der Waals surface area contributed by atoms with E-state index in [1.54, 1.807) is 11.6 Å². The van der Waals surface area contributed by atoms with Gasteiger partial charge >= 0.3 is 0 Å². The van der Waals surface area contributed by atoms with Gasteiger partial charge < -0.3 is 15.4 Å². The Kier molecular flexibility index (Phi) is 5.60. The van der Waals surface area contributed by atoms with Gasteiger partial charge in [-0.15, -0.1) is 11.3 Å². The Bertz CT molecular complexity index is 756. The van der Waals surface area contributed by atoms with Crippen LogP contribution in [0.15, 0.2) is 23.7 Å². The fourth-order valence-corrected chi connectivity index (χ4v) is 3.42. The van der Waals surface area contributed by atoms with Crippen molar-refractivity contribution in [1.82, 2.24) is 15.3 Å². The molecular formula is C17H20N4O3S. The number of anilines is 1. The summed E-state index contributed by atoms with van der Waals surface area (Å²) >= 11 is 1.21. The van der Waals surface area contributed by atoms with Crippen molar-refractivity contribution in [2.45, 2.75) is 45.3 Å². The van der Waals surface area contributed by atoms with Gasteiger partial charge in [-0.2, -0.15) is 0 Å². The summed E-state index contributed by atoms with van der Waals surface area (Å²) in [4.78, 5) is 31.6. The second kappa shape index (κ2) is 8.06. The van der Waals surface area contributed by atoms with Crippen LogP contribution in [-0.2, 0) is 11.3 Å². The molecule has 8 heteroatoms. The molecule has 1 saturated carbocycles. The standard InChI is InChI=1S/C17H20N4O3S/c1-11(22)20-17-21-14(10-25-17)15(23)19-9-12-5-4-8-18-16(12)24-13-6-2-3-7-13/h4-5,8,10,13H,2-3,6-7,9H2,1H3,(H,19,23)(H,20,21,22). The highest BCUT2D eigenvalue weighted by atomic mass is 32.1. The number of nitrogens with one attached hydrogen (secondary N) is 2. The zero-order valence-corrected chi connectivity index (χ0v) is 14.8. The maximum atomic E-state index is 12.2. The number of ether oxygens (including phenoxy) is 1. The van der Waals surface area contributed by atoms with Gasteiger partial charge in [0, 0.05) is 30.6 Å². The van der Waals surface area contributed by atoms with Crippen molar-refractivity contribution in [3.05, 3.63) is 35.0 Å². The first-order valence-electron chi connectivity index (χ1n) is 8.23. The van der Waals surface area contributed by atoms with E-state index in [0.29, 0.717) is 17.6 Å². The summed E-state index contributed by atoms with van der Waals surface area (Å²) in [6.45, 7) is 1.71. The van der Waals surface area contributed by atoms with Crippen LogP contribution in [0, 0.1) is 0 Å². The molecule has 0 radical (unpaired) electrons. The average molecular weight is 360 g/mol. The van der Waals surface area contributed by atoms with Crippen LogP contribution in [-0.4, -0.2) is 27.9 Å². The van der Waals surface area contributed by atoms with Gasteiger partial charge in [-0.25, -0.2) is 9.97 Å². The number of carbonyl (C=O) groups excluding carboxylic acids is 2. The van der Waals surface area contributed by atoms with E-state index in [-0.39, 0.29) is 23.6 Å². The minimum atomic E-state index is -0.302. The molecule has 3 rings (SSSR count). The van der Waals surface area contributed by atoms with Crippen molar-refractivity contribution < 1.29 is 14.3 Å². The Hall–Kier alpha value is -2.48. The van der Waals surface area contributed by atoms with Crippen LogP contribution in [0.5, 0.6) is 5.88 Å². The van der Waals surface area contributed by atoms with Crippen LogP contribution < -0.4 is 15.4 Å². The second-order valence-corrected chi connectivity index (χ2v) is 6.75. The van der Waals surface area contributed by atoms with Crippen molar-refractivity contribution >= 4 is 28.3 Å². The molecule has 7 nitrogen and oxygen atoms in total. The molecule has 2 aromatic rings. The lowest BCUT2D eigenvalue weighted by Gasteiger charge is -2.15. The lowest BCUT2D eigenvalue weighted by atomic mass is 10.2. The lowest BCUT2D eigenvalue weighted by Crippen LogP contribution is -2.24. The number of nitrogens with zero attached hydrogens (tertiary/aromatic N) is 2. The molecule has 0 spiro atoms. The van der Waals surface area contributed by atoms with Crippen LogP contribution in [0.2, 0.25) is 0 Å². The highest BCUT2D eigenvalue weighted by Gasteiger charge is 2.19. The van der Waals surface area contributed by atoms with E-state index in [9.17, 15) is 9.59 Å². The summed E-state index contributed by atoms with van der Waals surface area (Å²) in [6.07, 6.45) is 6.37. The number of thiazole rings is 1. The molecule has 2 aromatic heterocycles. The van der Waals surface area contributed by atoms with Crippen LogP contribution in [0.4, 0.5) is 5.13 Å². The Morgan fingerprint density at radius 1 is 1.36 bits per heavy atom. The molecule has 2 N–H and O–H groups in total. The third-order valence-electron chi connectivity index (χ3n) is 3.89. The monoisotopic (exact) mass is 360 g/mol. The third-order valence-corrected chi connectivity index (χ3v) is 4.65. The van der Waals surface area contributed by atoms with Crippen LogP contribution in [0.1, 0.15) is 48.7 Å². The fraction of sp³-hybridized carbons (Fsp3) is 0.412. The molecule has 132 valence electrons. The molecule has 0 atom stereocenters. The number of carbonyl (C=O) groups is 2. The SMILES string of the molecule is CC(=O)Nc1nc(C(=O)NCc2cccnc2OC2CCCC2)cs1. The maximum Gasteiger partial charge on any atom is 0.271 e. The van der Waals surface area contributed by atoms with E-state index < -0.39 is 0 Å². The Labute approximate surface area is 149 Å². The Morgan fingerprint density at radius 3 is 2.92 bits per heavy atom. The highest BCUT2D eigenvalue weighted by molar-refractivity contribution is 7.14. The van der Waals surface area contributed by atoms with Gasteiger partial charge in [0.05, 0.1) is 0 Å². The summed E-state index contributed by atoms with van der Waals surface area (Å²) < 4.78 is 5.97. The molecular weight excluding hydrogens is 340 g/mol. The van der Waals surface area contributed by atoms with E-state index in [0.717, 1.165) is 18.4 Å². The number of hydrogen-bond acceptors (Lipinski definition) is 6. The predicted molar refractivity (Wildman–Crippen MR) is 94.7 cm³/mol. The summed E-state index contributed by atoms with van der Waals surface area (Å²) in [5.41, 5.74) is 1.11. The second-order valence-electron chi connectivity index (χ2n) is 5.89. The van der Waals surface area contributed by atoms with Crippen molar-refractivity contribution in [3.63, 3.8) is 0 Å². The van der Waals surface area contributed by atoms with Crippen molar-refractivity contribution in [2.75, 3.05) is 5.32 Å². The molecule has 1 fully saturated rings. The largest absolute Gasteiger partial charge is 0.474 e. The summed E-state index contributed by atoms with van der Waals surface area (Å²) in [5, 5.41) is 7.40. The average Bonchev–Trinajstić information content (AvgIpc) is 3.25. The minimum absolute atomic E-state index is 0.211. The van der Waals surface area contributed by atoms with Gasteiger partial charge in [0.25, 0.3) is 5.91 Å². The van der Waals surface area contributed by atoms with Gasteiger partial charge in [-0.05, 0) is 31.7 Å². The molecule has 0 aliphatic heterocycles. The smallest absolute Gasteiger partial charge is 0.271 e. The van der Waals surface area contributed by atoms with Crippen LogP contribution in [0.25, 0.3) is 0 Å². The summed E-state index contributed by atoms with van der Waals surface area (Å²) in [5.74, 6) is 0.0563. The number of amides is 2. The number of hydrogen-bond donors (Lipinski definition) is 2. The van der Waals surface area contributed by atoms with Crippen LogP contribution in [0.3, 0.4) is 0 Å². The van der Waals surface area contributed by atoms with Crippen LogP contribution >= 0.6 is 11.3 Å². The molecule has 0 saturated heterocycles. The number of aromatic nitrogens is 2. The van der Waals surface area contributed by atoms with Gasteiger partial charge in [0.2, 0.25) is 11.8 Å². The Morgan fingerprint density at radius 2 is 2.16 bits per heavy atom. The maximum absolute atomic E-state index is 12.2. The minimum Gasteiger partial charge on any atom is -0.474 e. The lowest BCUT2D eigenvalue weighted by molar-refractivity contribution is -0.114. The van der Waals surface area contributed by atoms with E-state index in [2.05, 4.69) is 20.6 Å². The first kappa shape index (κ1) is 17.3. The van der Waals surface area contributed by atoms with Gasteiger partial charge in [0.1, 0.15) is 11.8 Å².